The molecule has 1 aromatic rings. The van der Waals surface area contributed by atoms with E-state index in [4.69, 9.17) is 11.6 Å². The number of nitrogens with one attached hydrogen (secondary N) is 2. The molecule has 2 N–H and O–H groups in total. The minimum atomic E-state index is 0. The number of H-pyrrole nitrogens is 1. The van der Waals surface area contributed by atoms with Crippen molar-refractivity contribution < 1.29 is 0 Å². The highest BCUT2D eigenvalue weighted by Crippen LogP contribution is 2.23. The molecule has 0 unspecified atom stereocenters. The normalized spacial score (nSPS) is 16.9. The molecule has 3 nitrogen and oxygen atoms in total. The minimum Gasteiger partial charge on any atom is -0.333 e. The van der Waals surface area contributed by atoms with Crippen LogP contribution >= 0.6 is 45.6 Å². The first kappa shape index (κ1) is 14.4. The molecule has 0 amide bonds. The second-order valence-corrected chi connectivity index (χ2v) is 3.55. The Bertz CT molecular complexity index is 261. The van der Waals surface area contributed by atoms with Crippen molar-refractivity contribution in [1.29, 1.82) is 0 Å². The van der Waals surface area contributed by atoms with E-state index >= 15 is 0 Å². The molecule has 6 heteroatoms. The van der Waals surface area contributed by atoms with Gasteiger partial charge in [-0.3, -0.25) is 0 Å². The first-order chi connectivity index (χ1) is 5.86. The fraction of sp³-hybridized carbons (Fsp3) is 0.625. The number of rotatable bonds is 1. The lowest BCUT2D eigenvalue weighted by atomic mass is 9.98. The van der Waals surface area contributed by atoms with E-state index in [1.54, 1.807) is 6.20 Å². The summed E-state index contributed by atoms with van der Waals surface area (Å²) in [7, 11) is 0. The Kier molecular flexibility index (Phi) is 7.03. The van der Waals surface area contributed by atoms with E-state index in [1.165, 1.54) is 0 Å². The van der Waals surface area contributed by atoms with Crippen LogP contribution in [-0.2, 0) is 0 Å². The lowest BCUT2D eigenvalue weighted by Crippen LogP contribution is -2.27. The summed E-state index contributed by atoms with van der Waals surface area (Å²) in [6.07, 6.45) is 3.99. The highest BCUT2D eigenvalue weighted by Gasteiger charge is 2.17. The van der Waals surface area contributed by atoms with Crippen molar-refractivity contribution in [3.63, 3.8) is 0 Å². The molecule has 2 rings (SSSR count). The van der Waals surface area contributed by atoms with Gasteiger partial charge in [0.2, 0.25) is 0 Å². The molecule has 1 fully saturated rings. The Morgan fingerprint density at radius 3 is 2.43 bits per heavy atom. The average Bonchev–Trinajstić information content (AvgIpc) is 2.54. The van der Waals surface area contributed by atoms with Crippen molar-refractivity contribution in [1.82, 2.24) is 15.3 Å². The maximum absolute atomic E-state index is 5.75. The third-order valence-corrected chi connectivity index (χ3v) is 2.48. The molecular weight excluding hydrogens is 333 g/mol. The molecule has 0 aromatic carbocycles. The van der Waals surface area contributed by atoms with E-state index in [0.29, 0.717) is 11.1 Å². The third-order valence-electron chi connectivity index (χ3n) is 2.29. The Hall–Kier alpha value is 0.420. The number of aromatic amines is 1. The van der Waals surface area contributed by atoms with Gasteiger partial charge in [0, 0.05) is 5.92 Å². The van der Waals surface area contributed by atoms with Crippen LogP contribution in [0.15, 0.2) is 6.20 Å². The molecule has 0 spiro atoms. The number of aromatic nitrogens is 2. The number of imidazole rings is 1. The van der Waals surface area contributed by atoms with E-state index in [9.17, 15) is 0 Å². The molecular formula is C8H14Br2ClN3. The number of hydrogen-bond acceptors (Lipinski definition) is 2. The molecule has 2 heterocycles. The summed E-state index contributed by atoms with van der Waals surface area (Å²) in [6, 6.07) is 0. The molecule has 0 radical (unpaired) electrons. The quantitative estimate of drug-likeness (QED) is 0.820. The summed E-state index contributed by atoms with van der Waals surface area (Å²) in [5, 5.41) is 3.96. The van der Waals surface area contributed by atoms with Crippen LogP contribution in [0.1, 0.15) is 24.6 Å². The fourth-order valence-electron chi connectivity index (χ4n) is 1.62. The molecule has 0 saturated carbocycles. The lowest BCUT2D eigenvalue weighted by Gasteiger charge is -2.20. The van der Waals surface area contributed by atoms with Crippen LogP contribution in [0.5, 0.6) is 0 Å². The number of piperidine rings is 1. The van der Waals surface area contributed by atoms with Gasteiger partial charge in [-0.1, -0.05) is 11.6 Å². The first-order valence-corrected chi connectivity index (χ1v) is 4.65. The summed E-state index contributed by atoms with van der Waals surface area (Å²) in [4.78, 5) is 7.30. The summed E-state index contributed by atoms with van der Waals surface area (Å²) < 4.78 is 0. The molecule has 14 heavy (non-hydrogen) atoms. The Morgan fingerprint density at radius 2 is 1.93 bits per heavy atom. The average molecular weight is 347 g/mol. The van der Waals surface area contributed by atoms with E-state index in [2.05, 4.69) is 15.3 Å². The molecule has 1 saturated heterocycles. The zero-order chi connectivity index (χ0) is 8.39. The van der Waals surface area contributed by atoms with Gasteiger partial charge in [0.05, 0.1) is 6.20 Å². The van der Waals surface area contributed by atoms with Crippen LogP contribution in [0.4, 0.5) is 0 Å². The van der Waals surface area contributed by atoms with Crippen LogP contribution in [0.2, 0.25) is 5.15 Å². The van der Waals surface area contributed by atoms with Gasteiger partial charge in [-0.15, -0.1) is 34.0 Å². The van der Waals surface area contributed by atoms with E-state index in [1.807, 2.05) is 0 Å². The van der Waals surface area contributed by atoms with Crippen LogP contribution in [0.25, 0.3) is 0 Å². The molecule has 0 aliphatic carbocycles. The van der Waals surface area contributed by atoms with E-state index in [-0.39, 0.29) is 34.0 Å². The zero-order valence-corrected chi connectivity index (χ0v) is 11.8. The maximum Gasteiger partial charge on any atom is 0.126 e. The lowest BCUT2D eigenvalue weighted by molar-refractivity contribution is 0.447. The molecule has 0 bridgehead atoms. The van der Waals surface area contributed by atoms with Crippen molar-refractivity contribution in [2.45, 2.75) is 18.8 Å². The van der Waals surface area contributed by atoms with Gasteiger partial charge in [-0.25, -0.2) is 4.98 Å². The predicted molar refractivity (Wildman–Crippen MR) is 69.1 cm³/mol. The van der Waals surface area contributed by atoms with Crippen LogP contribution in [0, 0.1) is 0 Å². The topological polar surface area (TPSA) is 40.7 Å². The van der Waals surface area contributed by atoms with E-state index in [0.717, 1.165) is 31.8 Å². The van der Waals surface area contributed by atoms with Crippen molar-refractivity contribution in [2.75, 3.05) is 13.1 Å². The standard InChI is InChI=1S/C8H12ClN3.2BrH/c9-7-5-11-8(12-7)6-1-3-10-4-2-6;;/h5-6,10H,1-4H2,(H,11,12);2*1H. The molecule has 82 valence electrons. The third kappa shape index (κ3) is 3.53. The van der Waals surface area contributed by atoms with Gasteiger partial charge < -0.3 is 10.3 Å². The van der Waals surface area contributed by atoms with Gasteiger partial charge in [0.25, 0.3) is 0 Å². The molecule has 1 aliphatic rings. The fourth-order valence-corrected chi connectivity index (χ4v) is 1.76. The van der Waals surface area contributed by atoms with Crippen molar-refractivity contribution in [3.05, 3.63) is 17.2 Å². The van der Waals surface area contributed by atoms with Crippen molar-refractivity contribution >= 4 is 45.6 Å². The molecule has 0 atom stereocenters. The zero-order valence-electron chi connectivity index (χ0n) is 7.62. The van der Waals surface area contributed by atoms with Crippen molar-refractivity contribution in [3.8, 4) is 0 Å². The van der Waals surface area contributed by atoms with Gasteiger partial charge in [-0.05, 0) is 25.9 Å². The van der Waals surface area contributed by atoms with Crippen LogP contribution in [0.3, 0.4) is 0 Å². The summed E-state index contributed by atoms with van der Waals surface area (Å²) in [5.74, 6) is 1.61. The Morgan fingerprint density at radius 1 is 1.29 bits per heavy atom. The number of hydrogen-bond donors (Lipinski definition) is 2. The Labute approximate surface area is 110 Å². The van der Waals surface area contributed by atoms with Crippen LogP contribution in [-0.4, -0.2) is 23.1 Å². The number of nitrogens with zero attached hydrogens (tertiary/aromatic N) is 1. The predicted octanol–water partition coefficient (Wildman–Crippen LogP) is 2.69. The summed E-state index contributed by atoms with van der Waals surface area (Å²) >= 11 is 5.75. The highest BCUT2D eigenvalue weighted by atomic mass is 79.9. The molecule has 1 aliphatic heterocycles. The highest BCUT2D eigenvalue weighted by molar-refractivity contribution is 8.93. The van der Waals surface area contributed by atoms with Gasteiger partial charge in [0.15, 0.2) is 0 Å². The van der Waals surface area contributed by atoms with Gasteiger partial charge in [-0.2, -0.15) is 0 Å². The SMILES string of the molecule is Br.Br.Clc1cnc(C2CCNCC2)[nH]1. The maximum atomic E-state index is 5.75. The van der Waals surface area contributed by atoms with Crippen molar-refractivity contribution in [2.24, 2.45) is 0 Å². The smallest absolute Gasteiger partial charge is 0.126 e. The minimum absolute atomic E-state index is 0. The first-order valence-electron chi connectivity index (χ1n) is 4.27. The summed E-state index contributed by atoms with van der Waals surface area (Å²) in [5.41, 5.74) is 0. The second kappa shape index (κ2) is 6.82. The largest absolute Gasteiger partial charge is 0.333 e. The van der Waals surface area contributed by atoms with E-state index < -0.39 is 0 Å². The molecule has 1 aromatic heterocycles. The summed E-state index contributed by atoms with van der Waals surface area (Å²) in [6.45, 7) is 2.17. The van der Waals surface area contributed by atoms with Gasteiger partial charge in [0.1, 0.15) is 11.0 Å². The van der Waals surface area contributed by atoms with Gasteiger partial charge >= 0.3 is 0 Å². The number of halogens is 3. The monoisotopic (exact) mass is 345 g/mol. The van der Waals surface area contributed by atoms with Crippen LogP contribution < -0.4 is 5.32 Å². The Balaban J connectivity index is 0.000000845. The second-order valence-electron chi connectivity index (χ2n) is 3.14.